The average molecular weight is 370 g/mol. The van der Waals surface area contributed by atoms with E-state index in [1.54, 1.807) is 0 Å². The number of aromatic nitrogens is 1. The molecule has 1 amide bonds. The van der Waals surface area contributed by atoms with Gasteiger partial charge in [-0.3, -0.25) is 9.59 Å². The van der Waals surface area contributed by atoms with Gasteiger partial charge in [-0.15, -0.1) is 11.3 Å². The van der Waals surface area contributed by atoms with Gasteiger partial charge < -0.3 is 10.4 Å². The molecule has 2 fully saturated rings. The van der Waals surface area contributed by atoms with Gasteiger partial charge in [-0.2, -0.15) is 0 Å². The minimum absolute atomic E-state index is 0.148. The van der Waals surface area contributed by atoms with Crippen LogP contribution in [0.15, 0.2) is 23.6 Å². The largest absolute Gasteiger partial charge is 0.481 e. The molecule has 4 atom stereocenters. The molecule has 136 valence electrons. The van der Waals surface area contributed by atoms with Crippen molar-refractivity contribution in [2.75, 3.05) is 5.32 Å². The number of rotatable bonds is 4. The second kappa shape index (κ2) is 6.50. The summed E-state index contributed by atoms with van der Waals surface area (Å²) in [5, 5.41) is 14.9. The van der Waals surface area contributed by atoms with Crippen molar-refractivity contribution in [3.05, 3.63) is 34.7 Å². The van der Waals surface area contributed by atoms with E-state index in [1.807, 2.05) is 19.2 Å². The number of carboxylic acid groups (broad SMARTS) is 1. The Kier molecular flexibility index (Phi) is 4.31. The minimum Gasteiger partial charge on any atom is -0.481 e. The molecule has 2 saturated carbocycles. The summed E-state index contributed by atoms with van der Waals surface area (Å²) in [7, 11) is 0. The first kappa shape index (κ1) is 17.2. The Labute approximate surface area is 156 Å². The maximum atomic E-state index is 12.8. The van der Waals surface area contributed by atoms with Crippen LogP contribution in [-0.2, 0) is 9.59 Å². The van der Waals surface area contributed by atoms with E-state index in [1.165, 1.54) is 11.3 Å². The molecule has 2 aliphatic rings. The molecule has 6 heteroatoms. The van der Waals surface area contributed by atoms with Crippen molar-refractivity contribution in [2.24, 2.45) is 23.7 Å². The number of amides is 1. The summed E-state index contributed by atoms with van der Waals surface area (Å²) in [5.41, 5.74) is 4.20. The Morgan fingerprint density at radius 3 is 2.65 bits per heavy atom. The van der Waals surface area contributed by atoms with Crippen molar-refractivity contribution in [3.63, 3.8) is 0 Å². The highest BCUT2D eigenvalue weighted by Crippen LogP contribution is 2.52. The first-order chi connectivity index (χ1) is 12.4. The lowest BCUT2D eigenvalue weighted by molar-refractivity contribution is -0.148. The quantitative estimate of drug-likeness (QED) is 0.849. The molecule has 0 unspecified atom stereocenters. The fourth-order valence-corrected chi connectivity index (χ4v) is 5.39. The van der Waals surface area contributed by atoms with Gasteiger partial charge in [0.25, 0.3) is 0 Å². The average Bonchev–Trinajstić information content (AvgIpc) is 3.32. The van der Waals surface area contributed by atoms with Gasteiger partial charge >= 0.3 is 5.97 Å². The highest BCUT2D eigenvalue weighted by Gasteiger charge is 2.54. The van der Waals surface area contributed by atoms with Crippen molar-refractivity contribution >= 4 is 28.3 Å². The van der Waals surface area contributed by atoms with Crippen LogP contribution in [0.1, 0.15) is 30.4 Å². The van der Waals surface area contributed by atoms with Crippen molar-refractivity contribution in [1.29, 1.82) is 0 Å². The summed E-state index contributed by atoms with van der Waals surface area (Å²) in [6, 6.07) is 6.22. The molecule has 0 aliphatic heterocycles. The molecule has 5 nitrogen and oxygen atoms in total. The number of carbonyl (C=O) groups is 2. The molecule has 2 aliphatic carbocycles. The lowest BCUT2D eigenvalue weighted by Gasteiger charge is -2.26. The fraction of sp³-hybridized carbons (Fsp3) is 0.450. The van der Waals surface area contributed by atoms with Crippen LogP contribution in [0.25, 0.3) is 11.3 Å². The second-order valence-electron chi connectivity index (χ2n) is 7.57. The predicted octanol–water partition coefficient (Wildman–Crippen LogP) is 4.11. The van der Waals surface area contributed by atoms with Gasteiger partial charge in [-0.1, -0.05) is 17.7 Å². The molecule has 0 saturated heterocycles. The summed E-state index contributed by atoms with van der Waals surface area (Å²) in [6.45, 7) is 4.08. The number of hydrogen-bond acceptors (Lipinski definition) is 4. The zero-order valence-electron chi connectivity index (χ0n) is 14.9. The maximum Gasteiger partial charge on any atom is 0.307 e. The lowest BCUT2D eigenvalue weighted by Crippen LogP contribution is -2.37. The Morgan fingerprint density at radius 1 is 1.19 bits per heavy atom. The van der Waals surface area contributed by atoms with Gasteiger partial charge in [-0.05, 0) is 56.6 Å². The van der Waals surface area contributed by atoms with Gasteiger partial charge in [-0.25, -0.2) is 4.98 Å². The molecule has 1 aromatic heterocycles. The molecule has 1 aromatic carbocycles. The normalized spacial score (nSPS) is 26.8. The number of carboxylic acids is 1. The van der Waals surface area contributed by atoms with Crippen LogP contribution in [0.5, 0.6) is 0 Å². The summed E-state index contributed by atoms with van der Waals surface area (Å²) in [4.78, 5) is 29.0. The third-order valence-corrected chi connectivity index (χ3v) is 6.67. The molecule has 0 spiro atoms. The number of aliphatic carboxylic acids is 1. The molecule has 26 heavy (non-hydrogen) atoms. The van der Waals surface area contributed by atoms with Gasteiger partial charge in [0, 0.05) is 10.9 Å². The number of hydrogen-bond donors (Lipinski definition) is 2. The molecule has 4 rings (SSSR count). The number of anilines is 1. The summed E-state index contributed by atoms with van der Waals surface area (Å²) >= 11 is 1.39. The smallest absolute Gasteiger partial charge is 0.307 e. The zero-order chi connectivity index (χ0) is 18.4. The van der Waals surface area contributed by atoms with E-state index >= 15 is 0 Å². The Balaban J connectivity index is 1.53. The van der Waals surface area contributed by atoms with E-state index in [0.717, 1.165) is 41.6 Å². The highest BCUT2D eigenvalue weighted by molar-refractivity contribution is 7.14. The monoisotopic (exact) mass is 370 g/mol. The van der Waals surface area contributed by atoms with Crippen LogP contribution in [0, 0.1) is 37.5 Å². The van der Waals surface area contributed by atoms with Crippen molar-refractivity contribution < 1.29 is 14.7 Å². The Morgan fingerprint density at radius 2 is 1.92 bits per heavy atom. The number of nitrogens with one attached hydrogen (secondary N) is 1. The van der Waals surface area contributed by atoms with E-state index in [-0.39, 0.29) is 17.7 Å². The van der Waals surface area contributed by atoms with Crippen LogP contribution in [0.4, 0.5) is 5.13 Å². The Hall–Kier alpha value is -2.21. The molecule has 0 radical (unpaired) electrons. The SMILES string of the molecule is Cc1ccc(C)c(-c2csc(NC(=O)[C@H]3[C@H]4CC[C@@H](C4)[C@H]3C(=O)O)n2)c1. The number of fused-ring (bicyclic) bond motifs is 2. The van der Waals surface area contributed by atoms with Gasteiger partial charge in [0.2, 0.25) is 5.91 Å². The topological polar surface area (TPSA) is 79.3 Å². The summed E-state index contributed by atoms with van der Waals surface area (Å²) < 4.78 is 0. The number of thiazole rings is 1. The molecule has 2 bridgehead atoms. The van der Waals surface area contributed by atoms with E-state index in [0.29, 0.717) is 5.13 Å². The molecular formula is C20H22N2O3S. The predicted molar refractivity (Wildman–Crippen MR) is 101 cm³/mol. The van der Waals surface area contributed by atoms with Gasteiger partial charge in [0.1, 0.15) is 0 Å². The van der Waals surface area contributed by atoms with Crippen LogP contribution in [0.3, 0.4) is 0 Å². The van der Waals surface area contributed by atoms with E-state index in [9.17, 15) is 14.7 Å². The highest BCUT2D eigenvalue weighted by atomic mass is 32.1. The zero-order valence-corrected chi connectivity index (χ0v) is 15.7. The molecular weight excluding hydrogens is 348 g/mol. The first-order valence-corrected chi connectivity index (χ1v) is 9.89. The minimum atomic E-state index is -0.840. The van der Waals surface area contributed by atoms with Crippen LogP contribution < -0.4 is 5.32 Å². The third-order valence-electron chi connectivity index (χ3n) is 5.91. The van der Waals surface area contributed by atoms with E-state index in [4.69, 9.17) is 0 Å². The van der Waals surface area contributed by atoms with Crippen molar-refractivity contribution in [3.8, 4) is 11.3 Å². The van der Waals surface area contributed by atoms with Crippen LogP contribution in [-0.4, -0.2) is 22.0 Å². The Bertz CT molecular complexity index is 876. The molecule has 1 heterocycles. The van der Waals surface area contributed by atoms with Gasteiger partial charge in [0.05, 0.1) is 17.5 Å². The standard InChI is InChI=1S/C20H22N2O3S/c1-10-3-4-11(2)14(7-10)15-9-26-20(21-15)22-18(23)16-12-5-6-13(8-12)17(16)19(24)25/h3-4,7,9,12-13,16-17H,5-6,8H2,1-2H3,(H,24,25)(H,21,22,23)/t12-,13-,16-,17+/m0/s1. The summed E-state index contributed by atoms with van der Waals surface area (Å²) in [6.07, 6.45) is 2.75. The molecule has 2 aromatic rings. The summed E-state index contributed by atoms with van der Waals surface area (Å²) in [5.74, 6) is -1.67. The maximum absolute atomic E-state index is 12.8. The van der Waals surface area contributed by atoms with Crippen LogP contribution >= 0.6 is 11.3 Å². The number of benzene rings is 1. The lowest BCUT2D eigenvalue weighted by atomic mass is 9.79. The van der Waals surface area contributed by atoms with Crippen molar-refractivity contribution in [1.82, 2.24) is 4.98 Å². The first-order valence-electron chi connectivity index (χ1n) is 9.01. The third kappa shape index (κ3) is 2.92. The second-order valence-corrected chi connectivity index (χ2v) is 8.43. The molecule has 2 N–H and O–H groups in total. The number of nitrogens with zero attached hydrogens (tertiary/aromatic N) is 1. The fourth-order valence-electron chi connectivity index (χ4n) is 4.68. The van der Waals surface area contributed by atoms with Crippen LogP contribution in [0.2, 0.25) is 0 Å². The van der Waals surface area contributed by atoms with E-state index in [2.05, 4.69) is 28.5 Å². The van der Waals surface area contributed by atoms with Gasteiger partial charge in [0.15, 0.2) is 5.13 Å². The number of carbonyl (C=O) groups excluding carboxylic acids is 1. The van der Waals surface area contributed by atoms with Crippen molar-refractivity contribution in [2.45, 2.75) is 33.1 Å². The van der Waals surface area contributed by atoms with E-state index < -0.39 is 17.8 Å². The number of aryl methyl sites for hydroxylation is 2.